The molecule has 1 atom stereocenters. The number of thiophene rings is 1. The zero-order valence-corrected chi connectivity index (χ0v) is 19.7. The Hall–Kier alpha value is -2.45. The van der Waals surface area contributed by atoms with Gasteiger partial charge in [0.15, 0.2) is 0 Å². The first-order valence-corrected chi connectivity index (χ1v) is 12.1. The van der Waals surface area contributed by atoms with E-state index in [1.807, 2.05) is 0 Å². The maximum atomic E-state index is 13.2. The molecule has 1 fully saturated rings. The average molecular weight is 455 g/mol. The summed E-state index contributed by atoms with van der Waals surface area (Å²) in [4.78, 5) is 8.17. The van der Waals surface area contributed by atoms with E-state index >= 15 is 0 Å². The fourth-order valence-corrected chi connectivity index (χ4v) is 5.08. The number of nitriles is 1. The summed E-state index contributed by atoms with van der Waals surface area (Å²) in [7, 11) is 0. The maximum Gasteiger partial charge on any atom is 0.230 e. The Morgan fingerprint density at radius 2 is 1.94 bits per heavy atom. The van der Waals surface area contributed by atoms with E-state index in [2.05, 4.69) is 51.4 Å². The van der Waals surface area contributed by atoms with Gasteiger partial charge in [0.05, 0.1) is 24.7 Å². The van der Waals surface area contributed by atoms with Crippen LogP contribution in [-0.2, 0) is 5.41 Å². The SMILES string of the molecule is [C-]#[N+]c1cc(F)ccc1OCCN1CCN(CCCC(C#N)(c2ccsc2)C(C)C)CC1. The lowest BCUT2D eigenvalue weighted by molar-refractivity contribution is 0.114. The van der Waals surface area contributed by atoms with Gasteiger partial charge in [0.1, 0.15) is 11.6 Å². The predicted octanol–water partition coefficient (Wildman–Crippen LogP) is 5.33. The predicted molar refractivity (Wildman–Crippen MR) is 127 cm³/mol. The lowest BCUT2D eigenvalue weighted by atomic mass is 9.71. The van der Waals surface area contributed by atoms with Crippen molar-refractivity contribution in [3.8, 4) is 11.8 Å². The van der Waals surface area contributed by atoms with Crippen LogP contribution in [0.15, 0.2) is 35.0 Å². The van der Waals surface area contributed by atoms with Crippen LogP contribution in [-0.4, -0.2) is 55.7 Å². The van der Waals surface area contributed by atoms with Gasteiger partial charge in [0, 0.05) is 32.7 Å². The van der Waals surface area contributed by atoms with Gasteiger partial charge in [-0.15, -0.1) is 0 Å². The molecule has 1 aliphatic rings. The van der Waals surface area contributed by atoms with Crippen molar-refractivity contribution in [3.05, 3.63) is 57.8 Å². The van der Waals surface area contributed by atoms with Gasteiger partial charge in [-0.3, -0.25) is 4.90 Å². The second-order valence-corrected chi connectivity index (χ2v) is 9.39. The lowest BCUT2D eigenvalue weighted by Crippen LogP contribution is -2.47. The summed E-state index contributed by atoms with van der Waals surface area (Å²) in [5.41, 5.74) is 0.975. The van der Waals surface area contributed by atoms with Crippen molar-refractivity contribution in [2.24, 2.45) is 5.92 Å². The van der Waals surface area contributed by atoms with Crippen LogP contribution in [0.1, 0.15) is 32.3 Å². The quantitative estimate of drug-likeness (QED) is 0.455. The minimum absolute atomic E-state index is 0.215. The van der Waals surface area contributed by atoms with Gasteiger partial charge >= 0.3 is 0 Å². The molecular weight excluding hydrogens is 423 g/mol. The molecule has 1 aromatic carbocycles. The normalized spacial score (nSPS) is 16.9. The van der Waals surface area contributed by atoms with Crippen molar-refractivity contribution < 1.29 is 9.13 Å². The third-order valence-electron chi connectivity index (χ3n) is 6.44. The molecule has 5 nitrogen and oxygen atoms in total. The Bertz CT molecular complexity index is 942. The molecule has 0 saturated carbocycles. The number of hydrogen-bond donors (Lipinski definition) is 0. The number of nitrogens with zero attached hydrogens (tertiary/aromatic N) is 4. The van der Waals surface area contributed by atoms with Crippen molar-refractivity contribution in [3.63, 3.8) is 0 Å². The summed E-state index contributed by atoms with van der Waals surface area (Å²) in [5.74, 6) is 0.301. The smallest absolute Gasteiger partial charge is 0.230 e. The number of benzene rings is 1. The van der Waals surface area contributed by atoms with Crippen LogP contribution in [0.2, 0.25) is 0 Å². The molecule has 2 aromatic rings. The van der Waals surface area contributed by atoms with Crippen LogP contribution in [0.4, 0.5) is 10.1 Å². The molecule has 1 aliphatic heterocycles. The summed E-state index contributed by atoms with van der Waals surface area (Å²) in [6.07, 6.45) is 1.89. The van der Waals surface area contributed by atoms with E-state index < -0.39 is 11.2 Å². The Labute approximate surface area is 194 Å². The molecule has 32 heavy (non-hydrogen) atoms. The molecule has 2 heterocycles. The average Bonchev–Trinajstić information content (AvgIpc) is 3.34. The highest BCUT2D eigenvalue weighted by molar-refractivity contribution is 7.08. The Morgan fingerprint density at radius 3 is 2.53 bits per heavy atom. The zero-order chi connectivity index (χ0) is 23.0. The van der Waals surface area contributed by atoms with Gasteiger partial charge in [0.25, 0.3) is 0 Å². The Kier molecular flexibility index (Phi) is 8.64. The minimum atomic E-state index is -0.421. The summed E-state index contributed by atoms with van der Waals surface area (Å²) in [6, 6.07) is 8.79. The Balaban J connectivity index is 1.40. The molecule has 170 valence electrons. The van der Waals surface area contributed by atoms with E-state index in [1.165, 1.54) is 18.2 Å². The summed E-state index contributed by atoms with van der Waals surface area (Å²) >= 11 is 1.66. The van der Waals surface area contributed by atoms with Crippen LogP contribution < -0.4 is 4.74 Å². The summed E-state index contributed by atoms with van der Waals surface area (Å²) in [6.45, 7) is 17.7. The van der Waals surface area contributed by atoms with E-state index in [-0.39, 0.29) is 11.6 Å². The molecule has 0 N–H and O–H groups in total. The highest BCUT2D eigenvalue weighted by atomic mass is 32.1. The zero-order valence-electron chi connectivity index (χ0n) is 18.9. The van der Waals surface area contributed by atoms with Crippen molar-refractivity contribution in [1.29, 1.82) is 5.26 Å². The molecule has 3 rings (SSSR count). The second kappa shape index (κ2) is 11.4. The number of halogens is 1. The highest BCUT2D eigenvalue weighted by Crippen LogP contribution is 2.37. The Morgan fingerprint density at radius 1 is 1.22 bits per heavy atom. The fourth-order valence-electron chi connectivity index (χ4n) is 4.34. The van der Waals surface area contributed by atoms with Gasteiger partial charge in [-0.2, -0.15) is 16.6 Å². The first kappa shape index (κ1) is 24.2. The van der Waals surface area contributed by atoms with Crippen molar-refractivity contribution >= 4 is 17.0 Å². The number of rotatable bonds is 10. The largest absolute Gasteiger partial charge is 0.503 e. The number of ether oxygens (including phenoxy) is 1. The van der Waals surface area contributed by atoms with E-state index in [0.717, 1.165) is 57.7 Å². The number of piperazine rings is 1. The van der Waals surface area contributed by atoms with Crippen LogP contribution in [0.25, 0.3) is 4.85 Å². The molecular formula is C25H31FN4OS. The van der Waals surface area contributed by atoms with Gasteiger partial charge in [0.2, 0.25) is 5.69 Å². The fraction of sp³-hybridized carbons (Fsp3) is 0.520. The van der Waals surface area contributed by atoms with Gasteiger partial charge in [-0.1, -0.05) is 13.8 Å². The molecule has 0 spiro atoms. The molecule has 0 amide bonds. The topological polar surface area (TPSA) is 43.9 Å². The molecule has 0 bridgehead atoms. The van der Waals surface area contributed by atoms with Crippen LogP contribution >= 0.6 is 11.3 Å². The monoisotopic (exact) mass is 454 g/mol. The molecule has 7 heteroatoms. The maximum absolute atomic E-state index is 13.2. The number of hydrogen-bond acceptors (Lipinski definition) is 5. The van der Waals surface area contributed by atoms with Crippen molar-refractivity contribution in [2.45, 2.75) is 32.1 Å². The first-order valence-electron chi connectivity index (χ1n) is 11.2. The lowest BCUT2D eigenvalue weighted by Gasteiger charge is -2.36. The molecule has 0 aliphatic carbocycles. The first-order chi connectivity index (χ1) is 15.5. The van der Waals surface area contributed by atoms with E-state index in [0.29, 0.717) is 12.4 Å². The minimum Gasteiger partial charge on any atom is -0.503 e. The third-order valence-corrected chi connectivity index (χ3v) is 7.12. The summed E-state index contributed by atoms with van der Waals surface area (Å²) < 4.78 is 19.0. The second-order valence-electron chi connectivity index (χ2n) is 8.61. The molecule has 1 aromatic heterocycles. The van der Waals surface area contributed by atoms with Crippen LogP contribution in [0.3, 0.4) is 0 Å². The van der Waals surface area contributed by atoms with Gasteiger partial charge in [-0.05, 0) is 65.9 Å². The van der Waals surface area contributed by atoms with Gasteiger partial charge < -0.3 is 9.64 Å². The van der Waals surface area contributed by atoms with Gasteiger partial charge in [-0.25, -0.2) is 9.24 Å². The standard InChI is InChI=1S/C25H31FN4OS/c1-20(2)25(19-27,21-7-16-32-18-21)8-4-9-29-10-12-30(13-11-29)14-15-31-24-6-5-22(26)17-23(24)28-3/h5-7,16-18,20H,4,8-15H2,1-2H3. The van der Waals surface area contributed by atoms with Crippen molar-refractivity contribution in [1.82, 2.24) is 9.80 Å². The van der Waals surface area contributed by atoms with E-state index in [9.17, 15) is 9.65 Å². The van der Waals surface area contributed by atoms with Crippen LogP contribution in [0, 0.1) is 29.6 Å². The van der Waals surface area contributed by atoms with Crippen molar-refractivity contribution in [2.75, 3.05) is 45.9 Å². The van der Waals surface area contributed by atoms with E-state index in [1.54, 1.807) is 11.3 Å². The third kappa shape index (κ3) is 5.86. The van der Waals surface area contributed by atoms with Crippen LogP contribution in [0.5, 0.6) is 5.75 Å². The summed E-state index contributed by atoms with van der Waals surface area (Å²) in [5, 5.41) is 14.2. The molecule has 1 saturated heterocycles. The molecule has 0 radical (unpaired) electrons. The highest BCUT2D eigenvalue weighted by Gasteiger charge is 2.36. The van der Waals surface area contributed by atoms with E-state index in [4.69, 9.17) is 11.3 Å². The molecule has 1 unspecified atom stereocenters.